The third-order valence-electron chi connectivity index (χ3n) is 2.97. The van der Waals surface area contributed by atoms with Crippen LogP contribution in [0.1, 0.15) is 18.4 Å². The first kappa shape index (κ1) is 11.9. The van der Waals surface area contributed by atoms with Gasteiger partial charge >= 0.3 is 0 Å². The standard InChI is InChI=1S/C13H18ClNO/c14-13-3-1-2-12(8-13)10-16-9-11-4-6-15-7-5-11/h1-3,8,11,15H,4-7,9-10H2. The number of piperidine rings is 1. The van der Waals surface area contributed by atoms with Crippen molar-refractivity contribution in [2.45, 2.75) is 19.4 Å². The third kappa shape index (κ3) is 3.78. The highest BCUT2D eigenvalue weighted by atomic mass is 35.5. The molecule has 2 rings (SSSR count). The molecule has 88 valence electrons. The van der Waals surface area contributed by atoms with E-state index >= 15 is 0 Å². The first-order chi connectivity index (χ1) is 7.84. The molecule has 0 radical (unpaired) electrons. The quantitative estimate of drug-likeness (QED) is 0.873. The van der Waals surface area contributed by atoms with Crippen molar-refractivity contribution in [3.63, 3.8) is 0 Å². The summed E-state index contributed by atoms with van der Waals surface area (Å²) < 4.78 is 5.73. The predicted octanol–water partition coefficient (Wildman–Crippen LogP) is 2.86. The van der Waals surface area contributed by atoms with Crippen LogP contribution in [0.15, 0.2) is 24.3 Å². The van der Waals surface area contributed by atoms with Gasteiger partial charge in [0.1, 0.15) is 0 Å². The largest absolute Gasteiger partial charge is 0.376 e. The van der Waals surface area contributed by atoms with Crippen molar-refractivity contribution in [2.75, 3.05) is 19.7 Å². The van der Waals surface area contributed by atoms with Gasteiger partial charge in [-0.1, -0.05) is 23.7 Å². The van der Waals surface area contributed by atoms with Crippen LogP contribution in [0.5, 0.6) is 0 Å². The number of halogens is 1. The first-order valence-electron chi connectivity index (χ1n) is 5.87. The molecule has 0 spiro atoms. The maximum atomic E-state index is 5.91. The predicted molar refractivity (Wildman–Crippen MR) is 66.7 cm³/mol. The Labute approximate surface area is 102 Å². The molecule has 3 heteroatoms. The van der Waals surface area contributed by atoms with E-state index in [4.69, 9.17) is 16.3 Å². The van der Waals surface area contributed by atoms with E-state index in [0.717, 1.165) is 36.2 Å². The number of hydrogen-bond donors (Lipinski definition) is 1. The zero-order chi connectivity index (χ0) is 11.2. The van der Waals surface area contributed by atoms with Gasteiger partial charge < -0.3 is 10.1 Å². The number of nitrogens with one attached hydrogen (secondary N) is 1. The monoisotopic (exact) mass is 239 g/mol. The van der Waals surface area contributed by atoms with Gasteiger partial charge in [0.15, 0.2) is 0 Å². The van der Waals surface area contributed by atoms with E-state index in [9.17, 15) is 0 Å². The lowest BCUT2D eigenvalue weighted by Gasteiger charge is -2.22. The average molecular weight is 240 g/mol. The normalized spacial score (nSPS) is 17.6. The highest BCUT2D eigenvalue weighted by molar-refractivity contribution is 6.30. The van der Waals surface area contributed by atoms with E-state index in [0.29, 0.717) is 6.61 Å². The van der Waals surface area contributed by atoms with Gasteiger partial charge in [-0.2, -0.15) is 0 Å². The molecule has 0 aliphatic carbocycles. The fraction of sp³-hybridized carbons (Fsp3) is 0.538. The maximum absolute atomic E-state index is 5.91. The lowest BCUT2D eigenvalue weighted by molar-refractivity contribution is 0.0763. The highest BCUT2D eigenvalue weighted by Gasteiger charge is 2.12. The van der Waals surface area contributed by atoms with Crippen molar-refractivity contribution < 1.29 is 4.74 Å². The Hall–Kier alpha value is -0.570. The Morgan fingerprint density at radius 2 is 2.12 bits per heavy atom. The Bertz CT molecular complexity index is 323. The van der Waals surface area contributed by atoms with E-state index in [1.165, 1.54) is 12.8 Å². The van der Waals surface area contributed by atoms with Crippen LogP contribution in [-0.4, -0.2) is 19.7 Å². The van der Waals surface area contributed by atoms with Crippen LogP contribution in [0.25, 0.3) is 0 Å². The first-order valence-corrected chi connectivity index (χ1v) is 6.25. The molecule has 1 heterocycles. The molecule has 0 saturated carbocycles. The minimum Gasteiger partial charge on any atom is -0.376 e. The molecule has 1 N–H and O–H groups in total. The molecular weight excluding hydrogens is 222 g/mol. The molecule has 1 aromatic carbocycles. The molecule has 1 aliphatic heterocycles. The lowest BCUT2D eigenvalue weighted by Crippen LogP contribution is -2.29. The van der Waals surface area contributed by atoms with Crippen LogP contribution in [0.2, 0.25) is 5.02 Å². The van der Waals surface area contributed by atoms with Gasteiger partial charge in [0.2, 0.25) is 0 Å². The van der Waals surface area contributed by atoms with Crippen LogP contribution in [0.3, 0.4) is 0 Å². The Morgan fingerprint density at radius 1 is 1.31 bits per heavy atom. The van der Waals surface area contributed by atoms with Crippen molar-refractivity contribution in [3.05, 3.63) is 34.9 Å². The summed E-state index contributed by atoms with van der Waals surface area (Å²) in [6, 6.07) is 7.86. The molecular formula is C13H18ClNO. The summed E-state index contributed by atoms with van der Waals surface area (Å²) in [5, 5.41) is 4.14. The molecule has 1 aliphatic rings. The van der Waals surface area contributed by atoms with Crippen molar-refractivity contribution in [1.29, 1.82) is 0 Å². The van der Waals surface area contributed by atoms with Gasteiger partial charge in [-0.25, -0.2) is 0 Å². The van der Waals surface area contributed by atoms with E-state index in [1.807, 2.05) is 24.3 Å². The van der Waals surface area contributed by atoms with Crippen molar-refractivity contribution in [1.82, 2.24) is 5.32 Å². The fourth-order valence-electron chi connectivity index (χ4n) is 2.02. The number of ether oxygens (including phenoxy) is 1. The summed E-state index contributed by atoms with van der Waals surface area (Å²) in [6.45, 7) is 3.80. The summed E-state index contributed by atoms with van der Waals surface area (Å²) in [7, 11) is 0. The molecule has 0 amide bonds. The molecule has 0 unspecified atom stereocenters. The molecule has 0 atom stereocenters. The number of rotatable bonds is 4. The van der Waals surface area contributed by atoms with Gasteiger partial charge in [-0.15, -0.1) is 0 Å². The second kappa shape index (κ2) is 6.24. The zero-order valence-electron chi connectivity index (χ0n) is 9.42. The van der Waals surface area contributed by atoms with E-state index in [2.05, 4.69) is 5.32 Å². The minimum absolute atomic E-state index is 0.671. The summed E-state index contributed by atoms with van der Waals surface area (Å²) >= 11 is 5.91. The second-order valence-electron chi connectivity index (χ2n) is 4.34. The number of benzene rings is 1. The fourth-order valence-corrected chi connectivity index (χ4v) is 2.23. The van der Waals surface area contributed by atoms with Gasteiger partial charge in [0.25, 0.3) is 0 Å². The van der Waals surface area contributed by atoms with Crippen LogP contribution in [-0.2, 0) is 11.3 Å². The molecule has 1 saturated heterocycles. The summed E-state index contributed by atoms with van der Waals surface area (Å²) in [6.07, 6.45) is 2.46. The van der Waals surface area contributed by atoms with E-state index in [-0.39, 0.29) is 0 Å². The summed E-state index contributed by atoms with van der Waals surface area (Å²) in [5.41, 5.74) is 1.15. The van der Waals surface area contributed by atoms with Crippen LogP contribution >= 0.6 is 11.6 Å². The molecule has 0 aromatic heterocycles. The molecule has 0 bridgehead atoms. The van der Waals surface area contributed by atoms with E-state index in [1.54, 1.807) is 0 Å². The summed E-state index contributed by atoms with van der Waals surface area (Å²) in [5.74, 6) is 0.723. The van der Waals surface area contributed by atoms with Crippen molar-refractivity contribution in [2.24, 2.45) is 5.92 Å². The lowest BCUT2D eigenvalue weighted by atomic mass is 9.99. The third-order valence-corrected chi connectivity index (χ3v) is 3.21. The Morgan fingerprint density at radius 3 is 2.88 bits per heavy atom. The molecule has 1 fully saturated rings. The molecule has 2 nitrogen and oxygen atoms in total. The minimum atomic E-state index is 0.671. The van der Waals surface area contributed by atoms with Crippen LogP contribution in [0.4, 0.5) is 0 Å². The SMILES string of the molecule is Clc1cccc(COCC2CCNCC2)c1. The zero-order valence-corrected chi connectivity index (χ0v) is 10.2. The average Bonchev–Trinajstić information content (AvgIpc) is 2.30. The smallest absolute Gasteiger partial charge is 0.0717 e. The van der Waals surface area contributed by atoms with Gasteiger partial charge in [0, 0.05) is 11.6 Å². The van der Waals surface area contributed by atoms with Gasteiger partial charge in [-0.05, 0) is 49.5 Å². The van der Waals surface area contributed by atoms with Crippen LogP contribution < -0.4 is 5.32 Å². The van der Waals surface area contributed by atoms with Gasteiger partial charge in [-0.3, -0.25) is 0 Å². The highest BCUT2D eigenvalue weighted by Crippen LogP contribution is 2.14. The van der Waals surface area contributed by atoms with Crippen molar-refractivity contribution >= 4 is 11.6 Å². The Kier molecular flexibility index (Phi) is 4.64. The Balaban J connectivity index is 1.71. The topological polar surface area (TPSA) is 21.3 Å². The second-order valence-corrected chi connectivity index (χ2v) is 4.77. The molecule has 16 heavy (non-hydrogen) atoms. The number of hydrogen-bond acceptors (Lipinski definition) is 2. The van der Waals surface area contributed by atoms with Gasteiger partial charge in [0.05, 0.1) is 6.61 Å². The maximum Gasteiger partial charge on any atom is 0.0717 e. The van der Waals surface area contributed by atoms with E-state index < -0.39 is 0 Å². The summed E-state index contributed by atoms with van der Waals surface area (Å²) in [4.78, 5) is 0. The molecule has 1 aromatic rings. The van der Waals surface area contributed by atoms with Crippen molar-refractivity contribution in [3.8, 4) is 0 Å². The van der Waals surface area contributed by atoms with Crippen LogP contribution in [0, 0.1) is 5.92 Å².